The summed E-state index contributed by atoms with van der Waals surface area (Å²) >= 11 is 12.1. The molecule has 0 atom stereocenters. The Morgan fingerprint density at radius 2 is 1.75 bits per heavy atom. The largest absolute Gasteiger partial charge is 0.346 e. The lowest BCUT2D eigenvalue weighted by atomic mass is 10.0. The molecule has 0 unspecified atom stereocenters. The first-order valence-corrected chi connectivity index (χ1v) is 8.81. The second-order valence-corrected chi connectivity index (χ2v) is 6.92. The Hall–Kier alpha value is -1.77. The maximum Gasteiger partial charge on any atom is 0.106 e. The van der Waals surface area contributed by atoms with E-state index in [-0.39, 0.29) is 0 Å². The number of nitrogens with zero attached hydrogens (tertiary/aromatic N) is 1. The van der Waals surface area contributed by atoms with Gasteiger partial charge in [-0.2, -0.15) is 0 Å². The lowest BCUT2D eigenvalue weighted by Crippen LogP contribution is -1.96. The Kier molecular flexibility index (Phi) is 5.27. The molecule has 1 aromatic heterocycles. The van der Waals surface area contributed by atoms with Gasteiger partial charge < -0.3 is 4.98 Å². The van der Waals surface area contributed by atoms with Crippen LogP contribution in [0.25, 0.3) is 0 Å². The molecule has 4 heteroatoms. The summed E-state index contributed by atoms with van der Waals surface area (Å²) in [5.41, 5.74) is 5.99. The van der Waals surface area contributed by atoms with Gasteiger partial charge in [-0.05, 0) is 49.1 Å². The standard InChI is InChI=1S/C20H20Cl2N2/c1-13-5-3-4-6-16(13)8-10-20-23-14(2)19(24-20)12-15-7-9-17(21)18(22)11-15/h3-7,9,11H,8,10,12H2,1-2H3,(H,23,24). The smallest absolute Gasteiger partial charge is 0.106 e. The molecule has 0 spiro atoms. The summed E-state index contributed by atoms with van der Waals surface area (Å²) < 4.78 is 0. The highest BCUT2D eigenvalue weighted by Crippen LogP contribution is 2.24. The summed E-state index contributed by atoms with van der Waals surface area (Å²) in [4.78, 5) is 8.18. The van der Waals surface area contributed by atoms with Crippen molar-refractivity contribution in [2.45, 2.75) is 33.1 Å². The first kappa shape index (κ1) is 17.1. The van der Waals surface area contributed by atoms with E-state index in [4.69, 9.17) is 28.2 Å². The van der Waals surface area contributed by atoms with Crippen molar-refractivity contribution in [1.82, 2.24) is 9.97 Å². The highest BCUT2D eigenvalue weighted by Gasteiger charge is 2.09. The zero-order valence-corrected chi connectivity index (χ0v) is 15.4. The SMILES string of the molecule is Cc1ccccc1CCc1nc(Cc2ccc(Cl)c(Cl)c2)c(C)[nH]1. The summed E-state index contributed by atoms with van der Waals surface area (Å²) in [5, 5.41) is 1.17. The third-order valence-electron chi connectivity index (χ3n) is 4.28. The van der Waals surface area contributed by atoms with Gasteiger partial charge in [-0.3, -0.25) is 0 Å². The van der Waals surface area contributed by atoms with E-state index in [9.17, 15) is 0 Å². The zero-order chi connectivity index (χ0) is 17.1. The molecule has 3 rings (SSSR count). The van der Waals surface area contributed by atoms with E-state index >= 15 is 0 Å². The molecule has 0 amide bonds. The van der Waals surface area contributed by atoms with E-state index in [0.29, 0.717) is 10.0 Å². The van der Waals surface area contributed by atoms with Crippen LogP contribution in [0.2, 0.25) is 10.0 Å². The molecule has 0 aliphatic carbocycles. The number of aromatic amines is 1. The minimum absolute atomic E-state index is 0.582. The van der Waals surface area contributed by atoms with Crippen LogP contribution in [-0.2, 0) is 19.3 Å². The van der Waals surface area contributed by atoms with Crippen molar-refractivity contribution in [3.63, 3.8) is 0 Å². The second-order valence-electron chi connectivity index (χ2n) is 6.11. The van der Waals surface area contributed by atoms with Crippen molar-refractivity contribution < 1.29 is 0 Å². The molecule has 2 aromatic carbocycles. The van der Waals surface area contributed by atoms with Crippen LogP contribution in [0.5, 0.6) is 0 Å². The number of nitrogens with one attached hydrogen (secondary N) is 1. The predicted octanol–water partition coefficient (Wildman–Crippen LogP) is 5.71. The van der Waals surface area contributed by atoms with Crippen LogP contribution in [0, 0.1) is 13.8 Å². The number of rotatable bonds is 5. The Bertz CT molecular complexity index is 853. The van der Waals surface area contributed by atoms with E-state index in [2.05, 4.69) is 43.1 Å². The maximum absolute atomic E-state index is 6.10. The van der Waals surface area contributed by atoms with Crippen molar-refractivity contribution in [2.24, 2.45) is 0 Å². The predicted molar refractivity (Wildman–Crippen MR) is 101 cm³/mol. The molecule has 0 fully saturated rings. The molecule has 0 saturated carbocycles. The third-order valence-corrected chi connectivity index (χ3v) is 5.02. The van der Waals surface area contributed by atoms with Crippen molar-refractivity contribution in [1.29, 1.82) is 0 Å². The number of H-pyrrole nitrogens is 1. The average Bonchev–Trinajstić information content (AvgIpc) is 2.90. The van der Waals surface area contributed by atoms with Crippen molar-refractivity contribution in [3.05, 3.63) is 86.4 Å². The summed E-state index contributed by atoms with van der Waals surface area (Å²) in [5.74, 6) is 1.03. The fourth-order valence-electron chi connectivity index (χ4n) is 2.84. The van der Waals surface area contributed by atoms with E-state index in [1.807, 2.05) is 18.2 Å². The van der Waals surface area contributed by atoms with Gasteiger partial charge in [0.15, 0.2) is 0 Å². The molecule has 0 aliphatic rings. The molecule has 124 valence electrons. The minimum atomic E-state index is 0.582. The van der Waals surface area contributed by atoms with E-state index in [1.165, 1.54) is 11.1 Å². The van der Waals surface area contributed by atoms with Crippen LogP contribution < -0.4 is 0 Å². The fraction of sp³-hybridized carbons (Fsp3) is 0.250. The average molecular weight is 359 g/mol. The number of hydrogen-bond acceptors (Lipinski definition) is 1. The highest BCUT2D eigenvalue weighted by molar-refractivity contribution is 6.42. The number of aromatic nitrogens is 2. The molecule has 0 saturated heterocycles. The van der Waals surface area contributed by atoms with Gasteiger partial charge in [0, 0.05) is 18.5 Å². The van der Waals surface area contributed by atoms with Gasteiger partial charge in [0.1, 0.15) is 5.82 Å². The van der Waals surface area contributed by atoms with E-state index < -0.39 is 0 Å². The molecule has 0 bridgehead atoms. The lowest BCUT2D eigenvalue weighted by molar-refractivity contribution is 0.870. The minimum Gasteiger partial charge on any atom is -0.346 e. The van der Waals surface area contributed by atoms with Gasteiger partial charge in [-0.15, -0.1) is 0 Å². The van der Waals surface area contributed by atoms with E-state index in [1.54, 1.807) is 0 Å². The molecule has 0 aliphatic heterocycles. The number of imidazole rings is 1. The number of benzene rings is 2. The highest BCUT2D eigenvalue weighted by atomic mass is 35.5. The third kappa shape index (κ3) is 4.00. The first-order chi connectivity index (χ1) is 11.5. The van der Waals surface area contributed by atoms with Crippen molar-refractivity contribution in [2.75, 3.05) is 0 Å². The van der Waals surface area contributed by atoms with Gasteiger partial charge in [0.2, 0.25) is 0 Å². The van der Waals surface area contributed by atoms with Crippen LogP contribution >= 0.6 is 23.2 Å². The molecular weight excluding hydrogens is 339 g/mol. The molecule has 1 heterocycles. The quantitative estimate of drug-likeness (QED) is 0.621. The van der Waals surface area contributed by atoms with Gasteiger partial charge in [-0.1, -0.05) is 53.5 Å². The number of aryl methyl sites for hydroxylation is 4. The van der Waals surface area contributed by atoms with Gasteiger partial charge in [0.25, 0.3) is 0 Å². The Morgan fingerprint density at radius 3 is 2.50 bits per heavy atom. The van der Waals surface area contributed by atoms with Crippen LogP contribution in [0.15, 0.2) is 42.5 Å². The van der Waals surface area contributed by atoms with Gasteiger partial charge in [0.05, 0.1) is 15.7 Å². The van der Waals surface area contributed by atoms with Crippen molar-refractivity contribution in [3.8, 4) is 0 Å². The van der Waals surface area contributed by atoms with Crippen molar-refractivity contribution >= 4 is 23.2 Å². The number of halogens is 2. The molecule has 1 N–H and O–H groups in total. The Balaban J connectivity index is 1.70. The molecule has 3 aromatic rings. The topological polar surface area (TPSA) is 28.7 Å². The maximum atomic E-state index is 6.10. The lowest BCUT2D eigenvalue weighted by Gasteiger charge is -2.03. The van der Waals surface area contributed by atoms with Crippen LogP contribution in [0.3, 0.4) is 0 Å². The van der Waals surface area contributed by atoms with Gasteiger partial charge >= 0.3 is 0 Å². The van der Waals surface area contributed by atoms with E-state index in [0.717, 1.165) is 42.0 Å². The summed E-state index contributed by atoms with van der Waals surface area (Å²) in [6.07, 6.45) is 2.66. The molecule has 24 heavy (non-hydrogen) atoms. The monoisotopic (exact) mass is 358 g/mol. The van der Waals surface area contributed by atoms with Crippen LogP contribution in [0.1, 0.15) is 33.9 Å². The summed E-state index contributed by atoms with van der Waals surface area (Å²) in [6.45, 7) is 4.22. The normalized spacial score (nSPS) is 11.0. The molecule has 2 nitrogen and oxygen atoms in total. The summed E-state index contributed by atoms with van der Waals surface area (Å²) in [6, 6.07) is 14.2. The Labute approximate surface area is 152 Å². The van der Waals surface area contributed by atoms with Crippen LogP contribution in [0.4, 0.5) is 0 Å². The number of hydrogen-bond donors (Lipinski definition) is 1. The first-order valence-electron chi connectivity index (χ1n) is 8.05. The Morgan fingerprint density at radius 1 is 0.958 bits per heavy atom. The fourth-order valence-corrected chi connectivity index (χ4v) is 3.16. The second kappa shape index (κ2) is 7.42. The summed E-state index contributed by atoms with van der Waals surface area (Å²) in [7, 11) is 0. The van der Waals surface area contributed by atoms with Gasteiger partial charge in [-0.25, -0.2) is 4.98 Å². The zero-order valence-electron chi connectivity index (χ0n) is 13.9. The molecular formula is C20H20Cl2N2. The van der Waals surface area contributed by atoms with Crippen LogP contribution in [-0.4, -0.2) is 9.97 Å². The molecule has 0 radical (unpaired) electrons.